The van der Waals surface area contributed by atoms with Crippen molar-refractivity contribution in [2.24, 2.45) is 0 Å². The topological polar surface area (TPSA) is 9.23 Å². The Morgan fingerprint density at radius 3 is 1.93 bits per heavy atom. The van der Waals surface area contributed by atoms with Crippen LogP contribution in [0.3, 0.4) is 0 Å². The van der Waals surface area contributed by atoms with Crippen LogP contribution in [0.2, 0.25) is 0 Å². The summed E-state index contributed by atoms with van der Waals surface area (Å²) in [5.41, 5.74) is 15.3. The summed E-state index contributed by atoms with van der Waals surface area (Å²) in [6.07, 6.45) is 0. The van der Waals surface area contributed by atoms with E-state index in [-0.39, 0.29) is 5.41 Å². The van der Waals surface area contributed by atoms with E-state index >= 15 is 0 Å². The zero-order chi connectivity index (χ0) is 30.0. The molecular formula is C45H26O. The molecule has 0 aromatic heterocycles. The predicted molar refractivity (Wildman–Crippen MR) is 189 cm³/mol. The van der Waals surface area contributed by atoms with Crippen LogP contribution in [0.15, 0.2) is 158 Å². The van der Waals surface area contributed by atoms with Crippen LogP contribution in [0.4, 0.5) is 0 Å². The first-order valence-electron chi connectivity index (χ1n) is 16.0. The highest BCUT2D eigenvalue weighted by Crippen LogP contribution is 2.64. The fourth-order valence-electron chi connectivity index (χ4n) is 8.91. The molecule has 1 spiro atoms. The zero-order valence-electron chi connectivity index (χ0n) is 24.9. The quantitative estimate of drug-likeness (QED) is 0.187. The lowest BCUT2D eigenvalue weighted by Crippen LogP contribution is -2.25. The van der Waals surface area contributed by atoms with E-state index in [1.807, 2.05) is 0 Å². The average molecular weight is 583 g/mol. The van der Waals surface area contributed by atoms with E-state index in [0.717, 1.165) is 17.1 Å². The molecule has 1 nitrogen and oxygen atoms in total. The van der Waals surface area contributed by atoms with Gasteiger partial charge in [0.1, 0.15) is 11.5 Å². The van der Waals surface area contributed by atoms with Gasteiger partial charge in [-0.15, -0.1) is 0 Å². The maximum atomic E-state index is 6.42. The van der Waals surface area contributed by atoms with Gasteiger partial charge in [-0.3, -0.25) is 0 Å². The summed E-state index contributed by atoms with van der Waals surface area (Å²) in [6.45, 7) is 0. The van der Waals surface area contributed by atoms with Crippen LogP contribution in [0.1, 0.15) is 22.3 Å². The number of benzene rings is 8. The Balaban J connectivity index is 1.23. The van der Waals surface area contributed by atoms with Crippen molar-refractivity contribution in [2.45, 2.75) is 5.41 Å². The lowest BCUT2D eigenvalue weighted by Gasteiger charge is -2.30. The average Bonchev–Trinajstić information content (AvgIpc) is 3.59. The molecule has 46 heavy (non-hydrogen) atoms. The van der Waals surface area contributed by atoms with Gasteiger partial charge in [0.2, 0.25) is 0 Å². The zero-order valence-corrected chi connectivity index (χ0v) is 24.9. The third-order valence-electron chi connectivity index (χ3n) is 10.7. The number of rotatable bonds is 1. The molecule has 1 heterocycles. The van der Waals surface area contributed by atoms with Crippen molar-refractivity contribution < 1.29 is 4.74 Å². The van der Waals surface area contributed by atoms with E-state index in [2.05, 4.69) is 158 Å². The Morgan fingerprint density at radius 2 is 1.02 bits per heavy atom. The van der Waals surface area contributed by atoms with Crippen molar-refractivity contribution >= 4 is 21.5 Å². The third kappa shape index (κ3) is 2.87. The predicted octanol–water partition coefficient (Wildman–Crippen LogP) is 11.8. The van der Waals surface area contributed by atoms with Gasteiger partial charge < -0.3 is 4.74 Å². The van der Waals surface area contributed by atoms with Crippen molar-refractivity contribution in [1.82, 2.24) is 0 Å². The highest BCUT2D eigenvalue weighted by Gasteiger charge is 2.52. The van der Waals surface area contributed by atoms with Gasteiger partial charge in [-0.1, -0.05) is 140 Å². The first-order valence-corrected chi connectivity index (χ1v) is 16.0. The summed E-state index contributed by atoms with van der Waals surface area (Å²) in [4.78, 5) is 0. The minimum atomic E-state index is -0.369. The Bertz CT molecular complexity index is 2630. The summed E-state index contributed by atoms with van der Waals surface area (Å²) in [7, 11) is 0. The molecule has 0 N–H and O–H groups in total. The summed E-state index contributed by atoms with van der Waals surface area (Å²) < 4.78 is 6.42. The molecule has 0 radical (unpaired) electrons. The molecule has 1 heteroatoms. The number of hydrogen-bond donors (Lipinski definition) is 0. The smallest absolute Gasteiger partial charge is 0.135 e. The second-order valence-electron chi connectivity index (χ2n) is 12.8. The normalized spacial score (nSPS) is 16.1. The summed E-state index contributed by atoms with van der Waals surface area (Å²) in [5.74, 6) is 1.83. The lowest BCUT2D eigenvalue weighted by atomic mass is 9.70. The van der Waals surface area contributed by atoms with Gasteiger partial charge in [0.15, 0.2) is 0 Å². The van der Waals surface area contributed by atoms with Crippen LogP contribution in [-0.4, -0.2) is 0 Å². The first kappa shape index (κ1) is 24.4. The van der Waals surface area contributed by atoms with E-state index < -0.39 is 0 Å². The second-order valence-corrected chi connectivity index (χ2v) is 12.8. The molecule has 0 bridgehead atoms. The van der Waals surface area contributed by atoms with E-state index in [0.29, 0.717) is 0 Å². The van der Waals surface area contributed by atoms with Crippen LogP contribution < -0.4 is 4.74 Å². The van der Waals surface area contributed by atoms with Crippen molar-refractivity contribution in [2.75, 3.05) is 0 Å². The van der Waals surface area contributed by atoms with Crippen LogP contribution in [0, 0.1) is 0 Å². The van der Waals surface area contributed by atoms with Gasteiger partial charge in [0.05, 0.1) is 5.41 Å². The number of ether oxygens (including phenoxy) is 1. The molecule has 1 aliphatic heterocycles. The van der Waals surface area contributed by atoms with Crippen molar-refractivity contribution in [3.05, 3.63) is 180 Å². The maximum Gasteiger partial charge on any atom is 0.135 e. The van der Waals surface area contributed by atoms with E-state index in [1.165, 1.54) is 82.7 Å². The van der Waals surface area contributed by atoms with Crippen LogP contribution in [0.5, 0.6) is 11.5 Å². The monoisotopic (exact) mass is 582 g/mol. The van der Waals surface area contributed by atoms with E-state index in [1.54, 1.807) is 0 Å². The lowest BCUT2D eigenvalue weighted by molar-refractivity contribution is 0.487. The molecule has 0 fully saturated rings. The summed E-state index contributed by atoms with van der Waals surface area (Å²) >= 11 is 0. The fourth-order valence-corrected chi connectivity index (χ4v) is 8.91. The highest BCUT2D eigenvalue weighted by atomic mass is 16.5. The molecular weight excluding hydrogens is 556 g/mol. The Hall–Kier alpha value is -5.92. The number of fused-ring (bicyclic) bond motifs is 14. The second kappa shape index (κ2) is 8.62. The van der Waals surface area contributed by atoms with Crippen LogP contribution >= 0.6 is 0 Å². The van der Waals surface area contributed by atoms with Gasteiger partial charge in [-0.05, 0) is 90.0 Å². The van der Waals surface area contributed by atoms with Gasteiger partial charge >= 0.3 is 0 Å². The van der Waals surface area contributed by atoms with Crippen LogP contribution in [0.25, 0.3) is 66.1 Å². The van der Waals surface area contributed by atoms with Gasteiger partial charge in [0, 0.05) is 16.5 Å². The standard InChI is InChI=1S/C45H26O/c1-2-12-30-27(10-1)21-25-39-43(30)33-14-4-7-17-37(33)45(39)36-16-6-3-13-32(36)35-26-29(22-24-38(35)45)31-23-20-28-11-9-19-41-42(28)44(31)34-15-5-8-18-40(34)46-41/h1-26H. The SMILES string of the molecule is c1ccc2c(c1)Oc1cccc3ccc(-c4ccc5c(c4)-c4ccccc4C54c5ccccc5-c5c4ccc4ccccc54)c-2c13. The van der Waals surface area contributed by atoms with Crippen LogP contribution in [-0.2, 0) is 5.41 Å². The molecule has 3 aliphatic rings. The molecule has 0 saturated carbocycles. The highest BCUT2D eigenvalue weighted by molar-refractivity contribution is 6.11. The first-order chi connectivity index (χ1) is 22.8. The molecule has 2 aliphatic carbocycles. The summed E-state index contributed by atoms with van der Waals surface area (Å²) in [6, 6.07) is 58.2. The Labute approximate surface area is 267 Å². The number of para-hydroxylation sites is 1. The maximum absolute atomic E-state index is 6.42. The van der Waals surface area contributed by atoms with E-state index in [4.69, 9.17) is 4.74 Å². The van der Waals surface area contributed by atoms with E-state index in [9.17, 15) is 0 Å². The number of hydrogen-bond acceptors (Lipinski definition) is 1. The molecule has 0 amide bonds. The molecule has 0 saturated heterocycles. The third-order valence-corrected chi connectivity index (χ3v) is 10.7. The van der Waals surface area contributed by atoms with Gasteiger partial charge in [0.25, 0.3) is 0 Å². The summed E-state index contributed by atoms with van der Waals surface area (Å²) in [5, 5.41) is 4.98. The Morgan fingerprint density at radius 1 is 0.370 bits per heavy atom. The molecule has 11 rings (SSSR count). The Kier molecular flexibility index (Phi) is 4.57. The van der Waals surface area contributed by atoms with Gasteiger partial charge in [-0.2, -0.15) is 0 Å². The minimum absolute atomic E-state index is 0.369. The molecule has 1 unspecified atom stereocenters. The largest absolute Gasteiger partial charge is 0.456 e. The fraction of sp³-hybridized carbons (Fsp3) is 0.0222. The molecule has 8 aromatic rings. The molecule has 212 valence electrons. The van der Waals surface area contributed by atoms with Crippen molar-refractivity contribution in [3.63, 3.8) is 0 Å². The molecule has 8 aromatic carbocycles. The van der Waals surface area contributed by atoms with Crippen molar-refractivity contribution in [1.29, 1.82) is 0 Å². The molecule has 1 atom stereocenters. The van der Waals surface area contributed by atoms with Gasteiger partial charge in [-0.25, -0.2) is 0 Å². The minimum Gasteiger partial charge on any atom is -0.456 e. The van der Waals surface area contributed by atoms with Crippen molar-refractivity contribution in [3.8, 4) is 56.0 Å².